The van der Waals surface area contributed by atoms with Gasteiger partial charge >= 0.3 is 104 Å². The summed E-state index contributed by atoms with van der Waals surface area (Å²) in [5.74, 6) is 0.730. The molecule has 3 aromatic heterocycles. The molecule has 0 aliphatic heterocycles. The van der Waals surface area contributed by atoms with Gasteiger partial charge in [-0.3, -0.25) is 0 Å². The summed E-state index contributed by atoms with van der Waals surface area (Å²) < 4.78 is 4.86. The summed E-state index contributed by atoms with van der Waals surface area (Å²) in [7, 11) is 1.97. The van der Waals surface area contributed by atoms with E-state index in [-0.39, 0.29) is 20.3 Å². The van der Waals surface area contributed by atoms with Gasteiger partial charge < -0.3 is 0 Å². The third kappa shape index (κ3) is 1.64. The van der Waals surface area contributed by atoms with E-state index in [2.05, 4.69) is 4.98 Å². The zero-order valence-electron chi connectivity index (χ0n) is 9.20. The van der Waals surface area contributed by atoms with Crippen LogP contribution in [0.4, 0.5) is 0 Å². The quantitative estimate of drug-likeness (QED) is 0.477. The molecule has 5 heteroatoms. The molecule has 3 aromatic rings. The molecule has 0 fully saturated rings. The Balaban J connectivity index is 2.37. The summed E-state index contributed by atoms with van der Waals surface area (Å²) in [6.45, 7) is 0. The van der Waals surface area contributed by atoms with E-state index in [9.17, 15) is 4.79 Å². The van der Waals surface area contributed by atoms with E-state index >= 15 is 0 Å². The molecule has 0 bridgehead atoms. The fraction of sp³-hybridized carbons (Fsp3) is 0.0833. The van der Waals surface area contributed by atoms with Gasteiger partial charge in [0, 0.05) is 0 Å². The van der Waals surface area contributed by atoms with Gasteiger partial charge in [0.1, 0.15) is 0 Å². The van der Waals surface area contributed by atoms with Gasteiger partial charge in [-0.25, -0.2) is 0 Å². The third-order valence-corrected chi connectivity index (χ3v) is 5.13. The molecule has 0 spiro atoms. The Morgan fingerprint density at radius 1 is 1.29 bits per heavy atom. The van der Waals surface area contributed by atoms with Crippen LogP contribution in [0.3, 0.4) is 0 Å². The fourth-order valence-electron chi connectivity index (χ4n) is 1.74. The fourth-order valence-corrected chi connectivity index (χ4v) is 3.83. The van der Waals surface area contributed by atoms with Gasteiger partial charge in [0.15, 0.2) is 0 Å². The predicted octanol–water partition coefficient (Wildman–Crippen LogP) is 0.267. The average Bonchev–Trinajstić information content (AvgIpc) is 2.70. The van der Waals surface area contributed by atoms with Crippen LogP contribution in [0.1, 0.15) is 0 Å². The first-order valence-corrected chi connectivity index (χ1v) is 6.82. The topological polar surface area (TPSA) is 38.8 Å². The number of nitrogens with zero attached hydrogens (tertiary/aromatic N) is 3. The molecule has 0 N–H and O–H groups in total. The molecule has 0 aromatic carbocycles. The SMILES string of the molecule is C[n+]1cccc2c(=O)n(-c3ccccn3)[se]c21. The number of rotatable bonds is 1. The number of hydrogen-bond acceptors (Lipinski definition) is 2. The second-order valence-corrected chi connectivity index (χ2v) is 5.68. The number of aryl methyl sites for hydroxylation is 1. The van der Waals surface area contributed by atoms with Crippen molar-refractivity contribution in [1.29, 1.82) is 0 Å². The molecule has 0 radical (unpaired) electrons. The van der Waals surface area contributed by atoms with Crippen LogP contribution >= 0.6 is 0 Å². The van der Waals surface area contributed by atoms with Crippen molar-refractivity contribution >= 4 is 24.5 Å². The van der Waals surface area contributed by atoms with Gasteiger partial charge in [-0.2, -0.15) is 0 Å². The van der Waals surface area contributed by atoms with Crippen molar-refractivity contribution in [2.24, 2.45) is 7.05 Å². The van der Waals surface area contributed by atoms with Crippen molar-refractivity contribution in [2.45, 2.75) is 0 Å². The van der Waals surface area contributed by atoms with E-state index in [0.29, 0.717) is 0 Å². The molecule has 0 saturated carbocycles. The van der Waals surface area contributed by atoms with Crippen LogP contribution in [0.15, 0.2) is 47.5 Å². The Hall–Kier alpha value is -1.71. The molecule has 0 aliphatic rings. The number of fused-ring (bicyclic) bond motifs is 1. The molecule has 0 amide bonds. The molecule has 3 rings (SSSR count). The number of pyridine rings is 2. The summed E-state index contributed by atoms with van der Waals surface area (Å²) in [4.78, 5) is 16.5. The Labute approximate surface area is 104 Å². The molecule has 3 heterocycles. The normalized spacial score (nSPS) is 10.9. The van der Waals surface area contributed by atoms with Gasteiger partial charge in [0.2, 0.25) is 0 Å². The van der Waals surface area contributed by atoms with Crippen molar-refractivity contribution in [3.63, 3.8) is 0 Å². The summed E-state index contributed by atoms with van der Waals surface area (Å²) in [6.07, 6.45) is 3.68. The molecular formula is C12H10N3OSe+. The summed E-state index contributed by atoms with van der Waals surface area (Å²) >= 11 is -0.0310. The molecule has 0 saturated heterocycles. The molecular weight excluding hydrogens is 281 g/mol. The Kier molecular flexibility index (Phi) is 2.42. The van der Waals surface area contributed by atoms with Crippen LogP contribution in [0, 0.1) is 0 Å². The summed E-state index contributed by atoms with van der Waals surface area (Å²) in [5, 5.41) is 0.792. The summed E-state index contributed by atoms with van der Waals surface area (Å²) in [6, 6.07) is 9.39. The molecule has 0 aliphatic carbocycles. The third-order valence-electron chi connectivity index (χ3n) is 2.57. The predicted molar refractivity (Wildman–Crippen MR) is 65.5 cm³/mol. The van der Waals surface area contributed by atoms with Crippen molar-refractivity contribution in [3.05, 3.63) is 53.1 Å². The van der Waals surface area contributed by atoms with E-state index in [0.717, 1.165) is 15.6 Å². The van der Waals surface area contributed by atoms with Crippen LogP contribution < -0.4 is 10.1 Å². The van der Waals surface area contributed by atoms with Gasteiger partial charge in [0.25, 0.3) is 0 Å². The van der Waals surface area contributed by atoms with Gasteiger partial charge in [-0.15, -0.1) is 0 Å². The standard InChI is InChI=1S/C12H10N3OSe/c1-14-8-4-5-9-11(16)15(17-12(9)14)10-6-2-3-7-13-10/h2-8H,1H3/q+1. The first-order chi connectivity index (χ1) is 8.27. The zero-order valence-corrected chi connectivity index (χ0v) is 10.9. The maximum atomic E-state index is 12.2. The summed E-state index contributed by atoms with van der Waals surface area (Å²) in [5.41, 5.74) is 0.0508. The second-order valence-electron chi connectivity index (χ2n) is 3.72. The zero-order chi connectivity index (χ0) is 11.8. The molecule has 4 nitrogen and oxygen atoms in total. The second kappa shape index (κ2) is 3.95. The number of aromatic nitrogens is 3. The van der Waals surface area contributed by atoms with Gasteiger partial charge in [-0.05, 0) is 0 Å². The van der Waals surface area contributed by atoms with Crippen LogP contribution in [-0.4, -0.2) is 23.3 Å². The first kappa shape index (κ1) is 10.4. The minimum absolute atomic E-state index is 0.0310. The van der Waals surface area contributed by atoms with E-state index in [1.807, 2.05) is 48.1 Å². The van der Waals surface area contributed by atoms with Crippen molar-refractivity contribution in [1.82, 2.24) is 8.55 Å². The Morgan fingerprint density at radius 3 is 2.88 bits per heavy atom. The van der Waals surface area contributed by atoms with E-state index in [1.54, 1.807) is 9.76 Å². The maximum absolute atomic E-state index is 12.2. The van der Waals surface area contributed by atoms with Crippen molar-refractivity contribution in [2.75, 3.05) is 0 Å². The van der Waals surface area contributed by atoms with Gasteiger partial charge in [0.05, 0.1) is 0 Å². The van der Waals surface area contributed by atoms with Crippen LogP contribution in [0.5, 0.6) is 0 Å². The van der Waals surface area contributed by atoms with Crippen molar-refractivity contribution in [3.8, 4) is 5.82 Å². The minimum atomic E-state index is -0.0310. The van der Waals surface area contributed by atoms with Crippen LogP contribution in [0.25, 0.3) is 15.6 Å². The monoisotopic (exact) mass is 292 g/mol. The van der Waals surface area contributed by atoms with Gasteiger partial charge in [-0.1, -0.05) is 0 Å². The first-order valence-electron chi connectivity index (χ1n) is 5.19. The van der Waals surface area contributed by atoms with Crippen LogP contribution in [-0.2, 0) is 7.05 Å². The Bertz CT molecular complexity index is 730. The molecule has 0 unspecified atom stereocenters. The van der Waals surface area contributed by atoms with E-state index in [1.165, 1.54) is 0 Å². The Morgan fingerprint density at radius 2 is 2.18 bits per heavy atom. The molecule has 0 atom stereocenters. The molecule has 17 heavy (non-hydrogen) atoms. The van der Waals surface area contributed by atoms with Crippen molar-refractivity contribution < 1.29 is 4.57 Å². The number of hydrogen-bond donors (Lipinski definition) is 0. The van der Waals surface area contributed by atoms with E-state index in [4.69, 9.17) is 0 Å². The van der Waals surface area contributed by atoms with E-state index < -0.39 is 0 Å². The molecule has 84 valence electrons. The van der Waals surface area contributed by atoms with Crippen LogP contribution in [0.2, 0.25) is 0 Å². The average molecular weight is 291 g/mol.